The van der Waals surface area contributed by atoms with Crippen LogP contribution in [0.1, 0.15) is 29.3 Å². The third-order valence-electron chi connectivity index (χ3n) is 5.62. The molecule has 0 fully saturated rings. The molecule has 1 heterocycles. The Morgan fingerprint density at radius 1 is 1.06 bits per heavy atom. The normalized spacial score (nSPS) is 15.9. The van der Waals surface area contributed by atoms with Crippen molar-refractivity contribution in [1.29, 1.82) is 0 Å². The second kappa shape index (κ2) is 8.89. The van der Waals surface area contributed by atoms with E-state index in [0.29, 0.717) is 16.6 Å². The molecule has 6 nitrogen and oxygen atoms in total. The molecule has 3 aromatic carbocycles. The fraction of sp³-hybridized carbons (Fsp3) is 0.208. The second-order valence-electron chi connectivity index (χ2n) is 7.62. The Labute approximate surface area is 189 Å². The third kappa shape index (κ3) is 4.32. The van der Waals surface area contributed by atoms with Crippen molar-refractivity contribution < 1.29 is 9.72 Å². The summed E-state index contributed by atoms with van der Waals surface area (Å²) in [5.41, 5.74) is 3.18. The van der Waals surface area contributed by atoms with Gasteiger partial charge in [0.25, 0.3) is 11.6 Å². The lowest BCUT2D eigenvalue weighted by Crippen LogP contribution is -2.33. The molecule has 4 rings (SSSR count). The van der Waals surface area contributed by atoms with Gasteiger partial charge in [0.05, 0.1) is 20.8 Å². The molecule has 1 atom stereocenters. The van der Waals surface area contributed by atoms with E-state index >= 15 is 0 Å². The van der Waals surface area contributed by atoms with Gasteiger partial charge in [-0.3, -0.25) is 14.9 Å². The van der Waals surface area contributed by atoms with Crippen molar-refractivity contribution in [2.45, 2.75) is 25.9 Å². The van der Waals surface area contributed by atoms with Crippen LogP contribution < -0.4 is 9.80 Å². The van der Waals surface area contributed by atoms with Crippen molar-refractivity contribution in [3.63, 3.8) is 0 Å². The number of nitrogens with zero attached hydrogens (tertiary/aromatic N) is 3. The van der Waals surface area contributed by atoms with Gasteiger partial charge in [-0.05, 0) is 59.1 Å². The van der Waals surface area contributed by atoms with Crippen LogP contribution >= 0.6 is 15.9 Å². The minimum atomic E-state index is -0.485. The van der Waals surface area contributed by atoms with E-state index in [1.807, 2.05) is 42.5 Å². The number of rotatable bonds is 4. The van der Waals surface area contributed by atoms with Crippen molar-refractivity contribution in [1.82, 2.24) is 0 Å². The van der Waals surface area contributed by atoms with E-state index in [1.54, 1.807) is 17.0 Å². The zero-order valence-corrected chi connectivity index (χ0v) is 18.7. The average Bonchev–Trinajstić information content (AvgIpc) is 2.91. The van der Waals surface area contributed by atoms with Gasteiger partial charge >= 0.3 is 0 Å². The first kappa shape index (κ1) is 21.1. The molecule has 0 aliphatic carbocycles. The molecule has 1 unspecified atom stereocenters. The maximum atomic E-state index is 13.4. The van der Waals surface area contributed by atoms with Crippen molar-refractivity contribution in [2.75, 3.05) is 16.3 Å². The van der Waals surface area contributed by atoms with Crippen LogP contribution in [-0.4, -0.2) is 23.4 Å². The summed E-state index contributed by atoms with van der Waals surface area (Å²) in [5.74, 6) is -0.239. The topological polar surface area (TPSA) is 66.7 Å². The van der Waals surface area contributed by atoms with Gasteiger partial charge in [-0.2, -0.15) is 0 Å². The van der Waals surface area contributed by atoms with E-state index in [2.05, 4.69) is 39.9 Å². The van der Waals surface area contributed by atoms with Crippen molar-refractivity contribution >= 4 is 38.9 Å². The predicted molar refractivity (Wildman–Crippen MR) is 126 cm³/mol. The fourth-order valence-electron chi connectivity index (χ4n) is 3.94. The van der Waals surface area contributed by atoms with Gasteiger partial charge in [-0.25, -0.2) is 0 Å². The smallest absolute Gasteiger partial charge is 0.284 e. The van der Waals surface area contributed by atoms with Crippen molar-refractivity contribution in [2.24, 2.45) is 0 Å². The standard InChI is InChI=1S/C24H22BrN3O3/c1-17-13-14-26(24(29)19-11-12-20(25)23(15-19)28(30)31)21-9-5-6-10-22(21)27(17)16-18-7-3-2-4-8-18/h2-12,15,17H,13-14,16H2,1H3. The molecule has 1 amide bonds. The quantitative estimate of drug-likeness (QED) is 0.350. The Hall–Kier alpha value is -3.19. The van der Waals surface area contributed by atoms with Gasteiger partial charge in [0.15, 0.2) is 0 Å². The fourth-order valence-corrected chi connectivity index (χ4v) is 4.33. The molecule has 0 N–H and O–H groups in total. The number of carbonyl (C=O) groups excluding carboxylic acids is 1. The highest BCUT2D eigenvalue weighted by Crippen LogP contribution is 2.37. The minimum absolute atomic E-state index is 0.118. The molecule has 0 saturated heterocycles. The van der Waals surface area contributed by atoms with Gasteiger partial charge in [0.2, 0.25) is 0 Å². The summed E-state index contributed by atoms with van der Waals surface area (Å²) >= 11 is 3.19. The molecule has 0 aromatic heterocycles. The van der Waals surface area contributed by atoms with Crippen LogP contribution in [0, 0.1) is 10.1 Å². The minimum Gasteiger partial charge on any atom is -0.363 e. The van der Waals surface area contributed by atoms with Crippen molar-refractivity contribution in [3.05, 3.63) is 98.5 Å². The Morgan fingerprint density at radius 3 is 2.45 bits per heavy atom. The van der Waals surface area contributed by atoms with E-state index < -0.39 is 4.92 Å². The monoisotopic (exact) mass is 479 g/mol. The molecular formula is C24H22BrN3O3. The molecule has 7 heteroatoms. The first-order valence-electron chi connectivity index (χ1n) is 10.1. The summed E-state index contributed by atoms with van der Waals surface area (Å²) in [6.45, 7) is 3.44. The highest BCUT2D eigenvalue weighted by Gasteiger charge is 2.29. The highest BCUT2D eigenvalue weighted by molar-refractivity contribution is 9.10. The molecule has 158 valence electrons. The Bertz CT molecular complexity index is 1120. The highest BCUT2D eigenvalue weighted by atomic mass is 79.9. The summed E-state index contributed by atoms with van der Waals surface area (Å²) in [6, 6.07) is 22.9. The van der Waals surface area contributed by atoms with E-state index in [0.717, 1.165) is 24.3 Å². The molecule has 31 heavy (non-hydrogen) atoms. The predicted octanol–water partition coefficient (Wildman–Crippen LogP) is 5.80. The summed E-state index contributed by atoms with van der Waals surface area (Å²) in [4.78, 5) is 28.3. The van der Waals surface area contributed by atoms with Gasteiger partial charge in [0.1, 0.15) is 0 Å². The lowest BCUT2D eigenvalue weighted by molar-refractivity contribution is -0.385. The number of amides is 1. The Kier molecular flexibility index (Phi) is 6.04. The number of para-hydroxylation sites is 2. The number of benzene rings is 3. The first-order chi connectivity index (χ1) is 15.0. The zero-order chi connectivity index (χ0) is 22.0. The number of nitro groups is 1. The van der Waals surface area contributed by atoms with Crippen LogP contribution in [0.4, 0.5) is 17.1 Å². The summed E-state index contributed by atoms with van der Waals surface area (Å²) < 4.78 is 0.355. The largest absolute Gasteiger partial charge is 0.363 e. The van der Waals surface area contributed by atoms with Crippen LogP contribution in [0.15, 0.2) is 77.3 Å². The van der Waals surface area contributed by atoms with Crippen LogP contribution in [0.5, 0.6) is 0 Å². The van der Waals surface area contributed by atoms with Gasteiger partial charge in [0, 0.05) is 30.8 Å². The van der Waals surface area contributed by atoms with Crippen LogP contribution in [0.2, 0.25) is 0 Å². The second-order valence-corrected chi connectivity index (χ2v) is 8.47. The lowest BCUT2D eigenvalue weighted by atomic mass is 10.1. The van der Waals surface area contributed by atoms with E-state index in [-0.39, 0.29) is 17.6 Å². The third-order valence-corrected chi connectivity index (χ3v) is 6.29. The number of carbonyl (C=O) groups is 1. The number of halogens is 1. The maximum absolute atomic E-state index is 13.4. The lowest BCUT2D eigenvalue weighted by Gasteiger charge is -2.31. The molecule has 1 aliphatic rings. The number of hydrogen-bond donors (Lipinski definition) is 0. The summed E-state index contributed by atoms with van der Waals surface area (Å²) in [7, 11) is 0. The van der Waals surface area contributed by atoms with Gasteiger partial charge < -0.3 is 9.80 Å². The van der Waals surface area contributed by atoms with Crippen LogP contribution in [-0.2, 0) is 6.54 Å². The molecular weight excluding hydrogens is 458 g/mol. The van der Waals surface area contributed by atoms with E-state index in [4.69, 9.17) is 0 Å². The van der Waals surface area contributed by atoms with Crippen LogP contribution in [0.25, 0.3) is 0 Å². The number of anilines is 2. The number of nitro benzene ring substituents is 1. The van der Waals surface area contributed by atoms with Crippen LogP contribution in [0.3, 0.4) is 0 Å². The summed E-state index contributed by atoms with van der Waals surface area (Å²) in [6.07, 6.45) is 0.784. The average molecular weight is 480 g/mol. The first-order valence-corrected chi connectivity index (χ1v) is 10.9. The number of fused-ring (bicyclic) bond motifs is 1. The molecule has 1 aliphatic heterocycles. The maximum Gasteiger partial charge on any atom is 0.284 e. The molecule has 3 aromatic rings. The Morgan fingerprint density at radius 2 is 1.74 bits per heavy atom. The molecule has 0 bridgehead atoms. The SMILES string of the molecule is CC1CCN(C(=O)c2ccc(Br)c([N+](=O)[O-])c2)c2ccccc2N1Cc1ccccc1. The number of hydrogen-bond acceptors (Lipinski definition) is 4. The van der Waals surface area contributed by atoms with E-state index in [9.17, 15) is 14.9 Å². The van der Waals surface area contributed by atoms with Gasteiger partial charge in [-0.1, -0.05) is 42.5 Å². The van der Waals surface area contributed by atoms with E-state index in [1.165, 1.54) is 11.6 Å². The Balaban J connectivity index is 1.72. The van der Waals surface area contributed by atoms with Crippen molar-refractivity contribution in [3.8, 4) is 0 Å². The summed E-state index contributed by atoms with van der Waals surface area (Å²) in [5, 5.41) is 11.3. The van der Waals surface area contributed by atoms with Gasteiger partial charge in [-0.15, -0.1) is 0 Å². The molecule has 0 radical (unpaired) electrons. The zero-order valence-electron chi connectivity index (χ0n) is 17.1. The molecule has 0 spiro atoms. The molecule has 0 saturated carbocycles.